The van der Waals surface area contributed by atoms with E-state index in [0.29, 0.717) is 5.92 Å². The van der Waals surface area contributed by atoms with Gasteiger partial charge in [-0.1, -0.05) is 45.4 Å². The predicted molar refractivity (Wildman–Crippen MR) is 126 cm³/mol. The summed E-state index contributed by atoms with van der Waals surface area (Å²) in [5.41, 5.74) is 1.05. The maximum atomic E-state index is 14.0. The molecule has 2 heteroatoms. The van der Waals surface area contributed by atoms with Gasteiger partial charge in [0.25, 0.3) is 0 Å². The van der Waals surface area contributed by atoms with E-state index in [1.807, 2.05) is 0 Å². The first-order valence-corrected chi connectivity index (χ1v) is 13.5. The highest BCUT2D eigenvalue weighted by molar-refractivity contribution is 5.28. The Morgan fingerprint density at radius 3 is 1.97 bits per heavy atom. The molecule has 3 fully saturated rings. The van der Waals surface area contributed by atoms with Crippen LogP contribution >= 0.6 is 0 Å². The summed E-state index contributed by atoms with van der Waals surface area (Å²) in [7, 11) is 0. The third-order valence-electron chi connectivity index (χ3n) is 9.44. The molecule has 4 atom stereocenters. The topological polar surface area (TPSA) is 0 Å². The zero-order chi connectivity index (χ0) is 21.8. The third kappa shape index (κ3) is 5.72. The van der Waals surface area contributed by atoms with Crippen LogP contribution in [-0.4, -0.2) is 0 Å². The summed E-state index contributed by atoms with van der Waals surface area (Å²) in [6.45, 7) is 3.83. The van der Waals surface area contributed by atoms with E-state index in [-0.39, 0.29) is 17.2 Å². The molecule has 174 valence electrons. The Bertz CT molecular complexity index is 680. The fourth-order valence-electron chi connectivity index (χ4n) is 7.40. The third-order valence-corrected chi connectivity index (χ3v) is 9.44. The van der Waals surface area contributed by atoms with Crippen molar-refractivity contribution >= 4 is 0 Å². The van der Waals surface area contributed by atoms with Gasteiger partial charge in [-0.2, -0.15) is 0 Å². The molecule has 3 aliphatic carbocycles. The van der Waals surface area contributed by atoms with Crippen LogP contribution in [-0.2, 0) is 0 Å². The van der Waals surface area contributed by atoms with Crippen molar-refractivity contribution in [1.29, 1.82) is 0 Å². The van der Waals surface area contributed by atoms with Gasteiger partial charge in [-0.3, -0.25) is 0 Å². The van der Waals surface area contributed by atoms with Crippen LogP contribution in [0.2, 0.25) is 0 Å². The van der Waals surface area contributed by atoms with Crippen molar-refractivity contribution in [3.05, 3.63) is 34.9 Å². The van der Waals surface area contributed by atoms with E-state index in [9.17, 15) is 8.78 Å². The molecule has 1 aromatic rings. The Morgan fingerprint density at radius 1 is 0.710 bits per heavy atom. The van der Waals surface area contributed by atoms with Crippen molar-refractivity contribution in [1.82, 2.24) is 0 Å². The second-order valence-electron chi connectivity index (χ2n) is 11.3. The summed E-state index contributed by atoms with van der Waals surface area (Å²) >= 11 is 0. The average Bonchev–Trinajstić information content (AvgIpc) is 2.79. The number of benzene rings is 1. The van der Waals surface area contributed by atoms with Crippen LogP contribution in [0.1, 0.15) is 120 Å². The molecule has 0 radical (unpaired) electrons. The summed E-state index contributed by atoms with van der Waals surface area (Å²) in [6.07, 6.45) is 20.7. The van der Waals surface area contributed by atoms with E-state index in [2.05, 4.69) is 6.92 Å². The number of unbranched alkanes of at least 4 members (excludes halogenated alkanes) is 3. The lowest BCUT2D eigenvalue weighted by Gasteiger charge is -2.45. The van der Waals surface area contributed by atoms with Gasteiger partial charge in [0, 0.05) is 5.56 Å². The van der Waals surface area contributed by atoms with Crippen LogP contribution in [0, 0.1) is 48.1 Å². The van der Waals surface area contributed by atoms with Gasteiger partial charge in [0.1, 0.15) is 11.6 Å². The monoisotopic (exact) mass is 430 g/mol. The van der Waals surface area contributed by atoms with Crippen molar-refractivity contribution in [2.24, 2.45) is 29.6 Å². The van der Waals surface area contributed by atoms with Crippen LogP contribution in [0.4, 0.5) is 8.78 Å². The number of fused-ring (bicyclic) bond motifs is 1. The molecule has 31 heavy (non-hydrogen) atoms. The second-order valence-corrected chi connectivity index (χ2v) is 11.3. The predicted octanol–water partition coefficient (Wildman–Crippen LogP) is 9.35. The Morgan fingerprint density at radius 2 is 1.29 bits per heavy atom. The van der Waals surface area contributed by atoms with Crippen LogP contribution < -0.4 is 0 Å². The molecule has 0 heterocycles. The summed E-state index contributed by atoms with van der Waals surface area (Å²) in [6, 6.07) is 3.19. The van der Waals surface area contributed by atoms with Gasteiger partial charge in [0.15, 0.2) is 0 Å². The molecule has 0 nitrogen and oxygen atoms in total. The van der Waals surface area contributed by atoms with Gasteiger partial charge in [-0.05, 0) is 118 Å². The van der Waals surface area contributed by atoms with Gasteiger partial charge in [0.2, 0.25) is 0 Å². The smallest absolute Gasteiger partial charge is 0.129 e. The summed E-state index contributed by atoms with van der Waals surface area (Å²) < 4.78 is 28.0. The average molecular weight is 431 g/mol. The van der Waals surface area contributed by atoms with Gasteiger partial charge < -0.3 is 0 Å². The molecule has 4 rings (SSSR count). The molecule has 1 aromatic carbocycles. The lowest BCUT2D eigenvalue weighted by Crippen LogP contribution is -2.34. The summed E-state index contributed by atoms with van der Waals surface area (Å²) in [4.78, 5) is 0. The fourth-order valence-corrected chi connectivity index (χ4v) is 7.40. The zero-order valence-corrected chi connectivity index (χ0v) is 20.0. The SMILES string of the molecule is CCCCCCC1CCC2CC(C3CCC(c4cc(F)c(C)c(F)c4)CC3)CCC2C1. The minimum atomic E-state index is -0.378. The van der Waals surface area contributed by atoms with Gasteiger partial charge in [0.05, 0.1) is 0 Å². The van der Waals surface area contributed by atoms with E-state index >= 15 is 0 Å². The lowest BCUT2D eigenvalue weighted by molar-refractivity contribution is 0.0613. The molecule has 0 bridgehead atoms. The lowest BCUT2D eigenvalue weighted by atomic mass is 9.60. The molecular formula is C29H44F2. The van der Waals surface area contributed by atoms with Crippen LogP contribution in [0.25, 0.3) is 0 Å². The molecule has 0 aromatic heterocycles. The second kappa shape index (κ2) is 10.8. The van der Waals surface area contributed by atoms with E-state index in [0.717, 1.165) is 48.0 Å². The number of rotatable bonds is 7. The molecule has 4 unspecified atom stereocenters. The van der Waals surface area contributed by atoms with Crippen LogP contribution in [0.5, 0.6) is 0 Å². The molecule has 0 amide bonds. The maximum absolute atomic E-state index is 14.0. The van der Waals surface area contributed by atoms with Gasteiger partial charge in [-0.15, -0.1) is 0 Å². The fraction of sp³-hybridized carbons (Fsp3) is 0.793. The van der Waals surface area contributed by atoms with Crippen LogP contribution in [0.15, 0.2) is 12.1 Å². The summed E-state index contributed by atoms with van der Waals surface area (Å²) in [5, 5.41) is 0. The number of halogens is 2. The Labute approximate surface area is 189 Å². The Balaban J connectivity index is 1.23. The molecule has 0 N–H and O–H groups in total. The van der Waals surface area contributed by atoms with E-state index < -0.39 is 0 Å². The summed E-state index contributed by atoms with van der Waals surface area (Å²) in [5.74, 6) is 4.37. The van der Waals surface area contributed by atoms with E-state index in [4.69, 9.17) is 0 Å². The highest BCUT2D eigenvalue weighted by Gasteiger charge is 2.38. The Hall–Kier alpha value is -0.920. The number of hydrogen-bond acceptors (Lipinski definition) is 0. The zero-order valence-electron chi connectivity index (χ0n) is 20.0. The van der Waals surface area contributed by atoms with Crippen molar-refractivity contribution in [2.75, 3.05) is 0 Å². The minimum absolute atomic E-state index is 0.157. The van der Waals surface area contributed by atoms with Crippen molar-refractivity contribution in [2.45, 2.75) is 116 Å². The molecular weight excluding hydrogens is 386 g/mol. The van der Waals surface area contributed by atoms with Crippen LogP contribution in [0.3, 0.4) is 0 Å². The van der Waals surface area contributed by atoms with E-state index in [1.54, 1.807) is 12.1 Å². The molecule has 0 saturated heterocycles. The Kier molecular flexibility index (Phi) is 8.10. The molecule has 3 aliphatic rings. The highest BCUT2D eigenvalue weighted by atomic mass is 19.1. The molecule has 0 aliphatic heterocycles. The minimum Gasteiger partial charge on any atom is -0.207 e. The normalized spacial score (nSPS) is 33.8. The molecule has 3 saturated carbocycles. The largest absolute Gasteiger partial charge is 0.207 e. The first kappa shape index (κ1) is 23.2. The van der Waals surface area contributed by atoms with Crippen molar-refractivity contribution < 1.29 is 8.78 Å². The van der Waals surface area contributed by atoms with E-state index in [1.165, 1.54) is 90.4 Å². The maximum Gasteiger partial charge on any atom is 0.129 e. The number of hydrogen-bond donors (Lipinski definition) is 0. The van der Waals surface area contributed by atoms with Crippen molar-refractivity contribution in [3.63, 3.8) is 0 Å². The van der Waals surface area contributed by atoms with Crippen molar-refractivity contribution in [3.8, 4) is 0 Å². The standard InChI is InChI=1S/C29H44F2/c1-3-4-5-6-7-21-8-9-26-17-25(15-14-24(26)16-21)22-10-12-23(13-11-22)27-18-28(30)20(2)29(31)19-27/h18-19,21-26H,3-17H2,1-2H3. The van der Waals surface area contributed by atoms with Gasteiger partial charge >= 0.3 is 0 Å². The highest BCUT2D eigenvalue weighted by Crippen LogP contribution is 2.50. The first-order chi connectivity index (χ1) is 15.0. The molecule has 0 spiro atoms. The first-order valence-electron chi connectivity index (χ1n) is 13.5. The van der Waals surface area contributed by atoms with Gasteiger partial charge in [-0.25, -0.2) is 8.78 Å². The quantitative estimate of drug-likeness (QED) is 0.378.